The summed E-state index contributed by atoms with van der Waals surface area (Å²) in [6.45, 7) is 4.53. The number of unbranched alkanes of at least 4 members (excludes halogenated alkanes) is 28. The van der Waals surface area contributed by atoms with Gasteiger partial charge in [0.25, 0.3) is 0 Å². The van der Waals surface area contributed by atoms with Crippen LogP contribution in [0.5, 0.6) is 0 Å². The minimum atomic E-state index is -5.17. The first kappa shape index (κ1) is 61.3. The average Bonchev–Trinajstić information content (AvgIpc) is 2.96. The number of carbonyl (C=O) groups excluding carboxylic acids is 2. The van der Waals surface area contributed by atoms with E-state index in [1.54, 1.807) is 0 Å². The number of carboxylic acid groups (broad SMARTS) is 2. The number of hydrogen-bond acceptors (Lipinski definition) is 8. The molecule has 0 bridgehead atoms. The zero-order valence-electron chi connectivity index (χ0n) is 31.2. The first-order valence-electron chi connectivity index (χ1n) is 18.6. The Morgan fingerprint density at radius 3 is 0.625 bits per heavy atom. The SMILES string of the molecule is CCCCCCCCCCCCCCCCCC(=O)[O-].CCCCCCCCCCCCCCCCCC(=O)[O-].O.O=S(=O)([O-])[O-].[Ca+2].[Ca+2]. The number of rotatable bonds is 32. The maximum absolute atomic E-state index is 10.2. The third-order valence-electron chi connectivity index (χ3n) is 7.97. The molecule has 0 aliphatic carbocycles. The van der Waals surface area contributed by atoms with Crippen LogP contribution in [-0.4, -0.2) is 110 Å². The van der Waals surface area contributed by atoms with Gasteiger partial charge in [-0.1, -0.05) is 194 Å². The zero-order valence-corrected chi connectivity index (χ0v) is 36.4. The van der Waals surface area contributed by atoms with E-state index in [1.807, 2.05) is 0 Å². The van der Waals surface area contributed by atoms with Gasteiger partial charge in [-0.25, -0.2) is 0 Å². The van der Waals surface area contributed by atoms with Crippen LogP contribution in [0.2, 0.25) is 0 Å². The molecule has 0 aliphatic heterocycles. The van der Waals surface area contributed by atoms with Crippen molar-refractivity contribution < 1.29 is 42.8 Å². The van der Waals surface area contributed by atoms with E-state index in [0.29, 0.717) is 0 Å². The summed E-state index contributed by atoms with van der Waals surface area (Å²) in [5.74, 6) is -1.81. The van der Waals surface area contributed by atoms with Gasteiger partial charge in [-0.05, 0) is 25.7 Å². The zero-order chi connectivity index (χ0) is 34.3. The quantitative estimate of drug-likeness (QED) is 0.0301. The monoisotopic (exact) mass is 760 g/mol. The minimum absolute atomic E-state index is 0. The normalized spacial score (nSPS) is 10.2. The van der Waals surface area contributed by atoms with Gasteiger partial charge in [0.1, 0.15) is 0 Å². The summed E-state index contributed by atoms with van der Waals surface area (Å²) in [6, 6.07) is 0. The van der Waals surface area contributed by atoms with Crippen molar-refractivity contribution in [1.29, 1.82) is 0 Å². The van der Waals surface area contributed by atoms with E-state index >= 15 is 0 Å². The van der Waals surface area contributed by atoms with Crippen LogP contribution in [0.25, 0.3) is 0 Å². The van der Waals surface area contributed by atoms with Gasteiger partial charge in [-0.15, -0.1) is 0 Å². The molecule has 2 N–H and O–H groups in total. The first-order chi connectivity index (χ1) is 21.5. The summed E-state index contributed by atoms with van der Waals surface area (Å²) < 4.78 is 34.1. The molecule has 0 amide bonds. The number of hydrogen-bond donors (Lipinski definition) is 0. The van der Waals surface area contributed by atoms with E-state index in [9.17, 15) is 19.8 Å². The molecule has 0 aliphatic rings. The van der Waals surface area contributed by atoms with Gasteiger partial charge in [0.05, 0.1) is 0 Å². The van der Waals surface area contributed by atoms with Crippen LogP contribution in [0.15, 0.2) is 0 Å². The summed E-state index contributed by atoms with van der Waals surface area (Å²) in [6.07, 6.45) is 39.7. The Hall–Kier alpha value is 1.29. The second-order valence-electron chi connectivity index (χ2n) is 12.6. The summed E-state index contributed by atoms with van der Waals surface area (Å²) >= 11 is 0. The summed E-state index contributed by atoms with van der Waals surface area (Å²) in [5.41, 5.74) is 0. The molecule has 0 unspecified atom stereocenters. The number of carboxylic acids is 2. The fourth-order valence-corrected chi connectivity index (χ4v) is 5.28. The van der Waals surface area contributed by atoms with Crippen molar-refractivity contribution in [2.45, 2.75) is 219 Å². The Kier molecular flexibility index (Phi) is 67.3. The fraction of sp³-hybridized carbons (Fsp3) is 0.944. The van der Waals surface area contributed by atoms with Gasteiger partial charge in [0.2, 0.25) is 0 Å². The molecule has 0 aromatic heterocycles. The van der Waals surface area contributed by atoms with E-state index in [1.165, 1.54) is 167 Å². The number of carbonyl (C=O) groups is 2. The summed E-state index contributed by atoms with van der Waals surface area (Å²) in [5, 5.41) is 20.4. The molecule has 0 aromatic rings. The Morgan fingerprint density at radius 1 is 0.375 bits per heavy atom. The van der Waals surface area contributed by atoms with Gasteiger partial charge in [0, 0.05) is 22.3 Å². The molecule has 0 radical (unpaired) electrons. The molecule has 9 nitrogen and oxygen atoms in total. The molecule has 0 heterocycles. The Balaban J connectivity index is -0.000000152. The fourth-order valence-electron chi connectivity index (χ4n) is 5.28. The van der Waals surface area contributed by atoms with Crippen molar-refractivity contribution in [3.8, 4) is 0 Å². The van der Waals surface area contributed by atoms with E-state index in [0.717, 1.165) is 25.7 Å². The summed E-state index contributed by atoms with van der Waals surface area (Å²) in [7, 11) is -5.17. The van der Waals surface area contributed by atoms with Crippen molar-refractivity contribution in [3.05, 3.63) is 0 Å². The van der Waals surface area contributed by atoms with Gasteiger partial charge in [0.15, 0.2) is 0 Å². The predicted octanol–water partition coefficient (Wildman–Crippen LogP) is 7.07. The van der Waals surface area contributed by atoms with Crippen molar-refractivity contribution in [3.63, 3.8) is 0 Å². The van der Waals surface area contributed by atoms with Crippen LogP contribution in [0.3, 0.4) is 0 Å². The van der Waals surface area contributed by atoms with Crippen molar-refractivity contribution >= 4 is 97.8 Å². The van der Waals surface area contributed by atoms with E-state index < -0.39 is 22.3 Å². The molecule has 12 heteroatoms. The van der Waals surface area contributed by atoms with E-state index in [4.69, 9.17) is 17.5 Å². The molecule has 0 saturated heterocycles. The Labute approximate surface area is 356 Å². The van der Waals surface area contributed by atoms with E-state index in [2.05, 4.69) is 13.8 Å². The molecule has 0 aromatic carbocycles. The molecular weight excluding hydrogens is 689 g/mol. The molecule has 0 saturated carbocycles. The molecule has 0 fully saturated rings. The average molecular weight is 761 g/mol. The Morgan fingerprint density at radius 2 is 0.500 bits per heavy atom. The van der Waals surface area contributed by atoms with Crippen molar-refractivity contribution in [2.24, 2.45) is 0 Å². The van der Waals surface area contributed by atoms with Crippen LogP contribution in [-0.2, 0) is 20.0 Å². The molecule has 0 atom stereocenters. The second-order valence-corrected chi connectivity index (χ2v) is 13.4. The molecule has 280 valence electrons. The maximum Gasteiger partial charge on any atom is 2.00 e. The van der Waals surface area contributed by atoms with Crippen molar-refractivity contribution in [1.82, 2.24) is 0 Å². The minimum Gasteiger partial charge on any atom is -0.759 e. The van der Waals surface area contributed by atoms with Gasteiger partial charge < -0.3 is 34.4 Å². The predicted molar refractivity (Wildman–Crippen MR) is 195 cm³/mol. The van der Waals surface area contributed by atoms with Crippen LogP contribution in [0.1, 0.15) is 219 Å². The first-order valence-corrected chi connectivity index (χ1v) is 19.9. The second kappa shape index (κ2) is 52.6. The molecule has 0 rings (SSSR count). The third-order valence-corrected chi connectivity index (χ3v) is 7.97. The van der Waals surface area contributed by atoms with Gasteiger partial charge >= 0.3 is 75.5 Å². The third kappa shape index (κ3) is 81.4. The molecule has 0 spiro atoms. The van der Waals surface area contributed by atoms with Gasteiger partial charge in [-0.2, -0.15) is 0 Å². The van der Waals surface area contributed by atoms with Gasteiger partial charge in [-0.3, -0.25) is 8.42 Å². The molecular formula is C36H72Ca2O9S. The maximum atomic E-state index is 10.2. The van der Waals surface area contributed by atoms with Crippen LogP contribution in [0, 0.1) is 0 Å². The Bertz CT molecular complexity index is 660. The van der Waals surface area contributed by atoms with Crippen LogP contribution >= 0.6 is 0 Å². The largest absolute Gasteiger partial charge is 2.00 e. The summed E-state index contributed by atoms with van der Waals surface area (Å²) in [4.78, 5) is 20.4. The topological polar surface area (TPSA) is 192 Å². The smallest absolute Gasteiger partial charge is 0.759 e. The van der Waals surface area contributed by atoms with E-state index in [-0.39, 0.29) is 93.8 Å². The standard InChI is InChI=1S/2C18H36O2.2Ca.H2O4S.H2O/c2*1-2-3-4-5-6-7-8-9-10-11-12-13-14-15-16-17-18(19)20;;;1-5(2,3)4;/h2*2-17H2,1H3,(H,19,20);;;(H2,1,2,3,4);1H2/q;;2*+2;;/p-4. The molecule has 48 heavy (non-hydrogen) atoms. The van der Waals surface area contributed by atoms with Crippen LogP contribution in [0.4, 0.5) is 0 Å². The van der Waals surface area contributed by atoms with Crippen molar-refractivity contribution in [2.75, 3.05) is 0 Å². The number of aliphatic carboxylic acids is 2. The van der Waals surface area contributed by atoms with Crippen LogP contribution < -0.4 is 10.2 Å².